The molecule has 2 aliphatic rings. The summed E-state index contributed by atoms with van der Waals surface area (Å²) in [4.78, 5) is 2.60. The lowest BCUT2D eigenvalue weighted by molar-refractivity contribution is 0.0449. The minimum atomic E-state index is 0.667. The molecule has 0 aromatic heterocycles. The molecule has 0 aliphatic carbocycles. The zero-order valence-corrected chi connectivity index (χ0v) is 5.48. The summed E-state index contributed by atoms with van der Waals surface area (Å²) >= 11 is 0. The van der Waals surface area contributed by atoms with Crippen LogP contribution < -0.4 is 0 Å². The Morgan fingerprint density at radius 2 is 2.12 bits per heavy atom. The molecule has 0 aromatic rings. The minimum Gasteiger partial charge on any atom is -0.298 e. The molecule has 2 aliphatic heterocycles. The zero-order chi connectivity index (χ0) is 5.61. The number of nitrogens with zero attached hydrogens (tertiary/aromatic N) is 1. The maximum atomic E-state index is 2.60. The van der Waals surface area contributed by atoms with Crippen LogP contribution in [-0.2, 0) is 0 Å². The van der Waals surface area contributed by atoms with E-state index in [0.29, 0.717) is 5.54 Å². The molecular weight excluding hydrogens is 98.1 g/mol. The first-order chi connectivity index (χ1) is 3.81. The van der Waals surface area contributed by atoms with E-state index in [1.807, 2.05) is 0 Å². The van der Waals surface area contributed by atoms with Crippen molar-refractivity contribution < 1.29 is 0 Å². The zero-order valence-electron chi connectivity index (χ0n) is 5.48. The molecule has 0 aromatic carbocycles. The van der Waals surface area contributed by atoms with Gasteiger partial charge in [-0.3, -0.25) is 4.90 Å². The highest BCUT2D eigenvalue weighted by Crippen LogP contribution is 2.39. The standard InChI is InChI=1S/C7H13N/c1-7-3-2-5-8(7)6-4-7/h2-6H2,1H3. The van der Waals surface area contributed by atoms with E-state index in [-0.39, 0.29) is 0 Å². The van der Waals surface area contributed by atoms with Crippen LogP contribution in [0.25, 0.3) is 0 Å². The maximum Gasteiger partial charge on any atom is 0.0194 e. The highest BCUT2D eigenvalue weighted by atomic mass is 15.3. The van der Waals surface area contributed by atoms with Gasteiger partial charge in [0.25, 0.3) is 0 Å². The fraction of sp³-hybridized carbons (Fsp3) is 1.00. The van der Waals surface area contributed by atoms with Crippen LogP contribution in [-0.4, -0.2) is 23.5 Å². The molecule has 8 heavy (non-hydrogen) atoms. The predicted molar refractivity (Wildman–Crippen MR) is 33.8 cm³/mol. The van der Waals surface area contributed by atoms with Gasteiger partial charge >= 0.3 is 0 Å². The molecule has 1 unspecified atom stereocenters. The quantitative estimate of drug-likeness (QED) is 0.454. The molecule has 0 radical (unpaired) electrons. The Hall–Kier alpha value is -0.0400. The molecule has 0 amide bonds. The number of rotatable bonds is 0. The van der Waals surface area contributed by atoms with E-state index in [1.54, 1.807) is 0 Å². The Labute approximate surface area is 50.7 Å². The fourth-order valence-electron chi connectivity index (χ4n) is 1.97. The van der Waals surface area contributed by atoms with Crippen LogP contribution in [0.4, 0.5) is 0 Å². The van der Waals surface area contributed by atoms with Crippen LogP contribution >= 0.6 is 0 Å². The molecule has 1 atom stereocenters. The van der Waals surface area contributed by atoms with Gasteiger partial charge in [-0.1, -0.05) is 0 Å². The summed E-state index contributed by atoms with van der Waals surface area (Å²) in [5.41, 5.74) is 0.667. The third kappa shape index (κ3) is 0.408. The van der Waals surface area contributed by atoms with Crippen molar-refractivity contribution >= 4 is 0 Å². The smallest absolute Gasteiger partial charge is 0.0194 e. The van der Waals surface area contributed by atoms with E-state index in [1.165, 1.54) is 32.4 Å². The van der Waals surface area contributed by atoms with Crippen LogP contribution in [0, 0.1) is 0 Å². The highest BCUT2D eigenvalue weighted by Gasteiger charge is 2.43. The molecule has 0 spiro atoms. The van der Waals surface area contributed by atoms with E-state index < -0.39 is 0 Å². The van der Waals surface area contributed by atoms with E-state index in [9.17, 15) is 0 Å². The summed E-state index contributed by atoms with van der Waals surface area (Å²) in [6, 6.07) is 0. The van der Waals surface area contributed by atoms with Gasteiger partial charge in [-0.25, -0.2) is 0 Å². The first kappa shape index (κ1) is 4.80. The first-order valence-corrected chi connectivity index (χ1v) is 3.56. The molecule has 2 rings (SSSR count). The summed E-state index contributed by atoms with van der Waals surface area (Å²) in [5, 5.41) is 0. The van der Waals surface area contributed by atoms with Gasteiger partial charge in [0.2, 0.25) is 0 Å². The van der Waals surface area contributed by atoms with Gasteiger partial charge in [0.15, 0.2) is 0 Å². The van der Waals surface area contributed by atoms with Crippen LogP contribution in [0.2, 0.25) is 0 Å². The average molecular weight is 111 g/mol. The number of hydrogen-bond acceptors (Lipinski definition) is 1. The van der Waals surface area contributed by atoms with Crippen LogP contribution in [0.3, 0.4) is 0 Å². The normalized spacial score (nSPS) is 46.1. The molecule has 1 nitrogen and oxygen atoms in total. The van der Waals surface area contributed by atoms with Crippen LogP contribution in [0.15, 0.2) is 0 Å². The molecule has 1 heteroatoms. The third-order valence-electron chi connectivity index (χ3n) is 2.83. The number of hydrogen-bond donors (Lipinski definition) is 0. The van der Waals surface area contributed by atoms with Gasteiger partial charge in [0.1, 0.15) is 0 Å². The van der Waals surface area contributed by atoms with E-state index in [2.05, 4.69) is 11.8 Å². The molecular formula is C7H13N. The molecule has 46 valence electrons. The fourth-order valence-corrected chi connectivity index (χ4v) is 1.97. The summed E-state index contributed by atoms with van der Waals surface area (Å²) in [6.07, 6.45) is 4.34. The lowest BCUT2D eigenvalue weighted by atomic mass is 9.88. The summed E-state index contributed by atoms with van der Waals surface area (Å²) in [5.74, 6) is 0. The van der Waals surface area contributed by atoms with Crippen LogP contribution in [0.5, 0.6) is 0 Å². The second kappa shape index (κ2) is 1.27. The lowest BCUT2D eigenvalue weighted by Crippen LogP contribution is -2.52. The second-order valence-electron chi connectivity index (χ2n) is 3.34. The SMILES string of the molecule is CC12CCCN1CC2. The molecule has 2 fully saturated rings. The van der Waals surface area contributed by atoms with Gasteiger partial charge in [0.05, 0.1) is 0 Å². The van der Waals surface area contributed by atoms with Crippen molar-refractivity contribution in [3.63, 3.8) is 0 Å². The van der Waals surface area contributed by atoms with Gasteiger partial charge in [-0.15, -0.1) is 0 Å². The van der Waals surface area contributed by atoms with E-state index >= 15 is 0 Å². The summed E-state index contributed by atoms with van der Waals surface area (Å²) in [6.45, 7) is 5.14. The van der Waals surface area contributed by atoms with Crippen molar-refractivity contribution in [2.45, 2.75) is 31.7 Å². The number of fused-ring (bicyclic) bond motifs is 1. The lowest BCUT2D eigenvalue weighted by Gasteiger charge is -2.45. The monoisotopic (exact) mass is 111 g/mol. The summed E-state index contributed by atoms with van der Waals surface area (Å²) < 4.78 is 0. The topological polar surface area (TPSA) is 3.24 Å². The Morgan fingerprint density at radius 1 is 1.25 bits per heavy atom. The van der Waals surface area contributed by atoms with Gasteiger partial charge in [0, 0.05) is 12.1 Å². The molecule has 0 bridgehead atoms. The largest absolute Gasteiger partial charge is 0.298 e. The van der Waals surface area contributed by atoms with Gasteiger partial charge in [-0.05, 0) is 32.7 Å². The Morgan fingerprint density at radius 3 is 2.38 bits per heavy atom. The Kier molecular flexibility index (Phi) is 0.762. The molecule has 2 saturated heterocycles. The van der Waals surface area contributed by atoms with Gasteiger partial charge < -0.3 is 0 Å². The van der Waals surface area contributed by atoms with E-state index in [0.717, 1.165) is 0 Å². The van der Waals surface area contributed by atoms with Crippen molar-refractivity contribution in [2.24, 2.45) is 0 Å². The highest BCUT2D eigenvalue weighted by molar-refractivity contribution is 4.99. The summed E-state index contributed by atoms with van der Waals surface area (Å²) in [7, 11) is 0. The molecule has 0 saturated carbocycles. The molecule has 2 heterocycles. The minimum absolute atomic E-state index is 0.667. The van der Waals surface area contributed by atoms with Crippen molar-refractivity contribution in [2.75, 3.05) is 13.1 Å². The van der Waals surface area contributed by atoms with Crippen molar-refractivity contribution in [3.05, 3.63) is 0 Å². The van der Waals surface area contributed by atoms with Crippen molar-refractivity contribution in [1.82, 2.24) is 4.90 Å². The van der Waals surface area contributed by atoms with Gasteiger partial charge in [-0.2, -0.15) is 0 Å². The average Bonchev–Trinajstić information content (AvgIpc) is 1.94. The van der Waals surface area contributed by atoms with Crippen molar-refractivity contribution in [3.8, 4) is 0 Å². The predicted octanol–water partition coefficient (Wildman–Crippen LogP) is 1.24. The Bertz CT molecular complexity index is 111. The Balaban J connectivity index is 2.14. The second-order valence-corrected chi connectivity index (χ2v) is 3.34. The van der Waals surface area contributed by atoms with Crippen molar-refractivity contribution in [1.29, 1.82) is 0 Å². The van der Waals surface area contributed by atoms with E-state index in [4.69, 9.17) is 0 Å². The van der Waals surface area contributed by atoms with Crippen LogP contribution in [0.1, 0.15) is 26.2 Å². The maximum absolute atomic E-state index is 2.60. The molecule has 0 N–H and O–H groups in total. The third-order valence-corrected chi connectivity index (χ3v) is 2.83. The first-order valence-electron chi connectivity index (χ1n) is 3.56.